The van der Waals surface area contributed by atoms with Crippen LogP contribution in [-0.4, -0.2) is 28.5 Å². The summed E-state index contributed by atoms with van der Waals surface area (Å²) in [5.74, 6) is -3.96. The fraction of sp³-hybridized carbons (Fsp3) is 0.400. The Kier molecular flexibility index (Phi) is 6.04. The van der Waals surface area contributed by atoms with Gasteiger partial charge in [0.25, 0.3) is 11.8 Å². The van der Waals surface area contributed by atoms with E-state index in [-0.39, 0.29) is 11.1 Å². The quantitative estimate of drug-likeness (QED) is 0.380. The smallest absolute Gasteiger partial charge is 0.335 e. The van der Waals surface area contributed by atoms with E-state index in [1.54, 1.807) is 18.2 Å². The van der Waals surface area contributed by atoms with Crippen LogP contribution in [0.3, 0.4) is 0 Å². The molecule has 0 aliphatic heterocycles. The number of alkyl halides is 7. The fourth-order valence-corrected chi connectivity index (χ4v) is 4.07. The first-order valence-electron chi connectivity index (χ1n) is 9.01. The molecular weight excluding hydrogens is 434 g/mol. The first-order chi connectivity index (χ1) is 14.0. The second-order valence-electron chi connectivity index (χ2n) is 7.20. The lowest BCUT2D eigenvalue weighted by Gasteiger charge is -2.45. The lowest BCUT2D eigenvalue weighted by atomic mass is 9.67. The predicted octanol–water partition coefficient (Wildman–Crippen LogP) is 5.49. The molecule has 0 bridgehead atoms. The Morgan fingerprint density at radius 1 is 1.13 bits per heavy atom. The SMILES string of the molecule is O=C(NC(Cl)C1(c2ccc(C(F)(F)F)nc2)CCC(F)(F)CC1F)c1ccccc1. The van der Waals surface area contributed by atoms with E-state index in [4.69, 9.17) is 11.6 Å². The van der Waals surface area contributed by atoms with Gasteiger partial charge in [0.15, 0.2) is 0 Å². The van der Waals surface area contributed by atoms with Crippen LogP contribution in [0.1, 0.15) is 40.9 Å². The molecule has 30 heavy (non-hydrogen) atoms. The van der Waals surface area contributed by atoms with Crippen LogP contribution in [0.15, 0.2) is 48.7 Å². The number of rotatable bonds is 4. The van der Waals surface area contributed by atoms with Gasteiger partial charge in [-0.2, -0.15) is 13.2 Å². The number of amides is 1. The molecule has 1 aromatic carbocycles. The van der Waals surface area contributed by atoms with E-state index in [9.17, 15) is 26.7 Å². The summed E-state index contributed by atoms with van der Waals surface area (Å²) in [7, 11) is 0. The average molecular weight is 451 g/mol. The number of benzene rings is 1. The number of hydrogen-bond acceptors (Lipinski definition) is 2. The van der Waals surface area contributed by atoms with Gasteiger partial charge in [-0.3, -0.25) is 9.78 Å². The molecule has 2 aromatic rings. The first kappa shape index (κ1) is 22.4. The zero-order chi connectivity index (χ0) is 22.2. The number of carbonyl (C=O) groups is 1. The average Bonchev–Trinajstić information content (AvgIpc) is 2.68. The van der Waals surface area contributed by atoms with Crippen molar-refractivity contribution in [3.63, 3.8) is 0 Å². The molecule has 0 radical (unpaired) electrons. The molecule has 1 aliphatic rings. The van der Waals surface area contributed by atoms with Crippen molar-refractivity contribution in [1.82, 2.24) is 10.3 Å². The van der Waals surface area contributed by atoms with Crippen LogP contribution < -0.4 is 5.32 Å². The fourth-order valence-electron chi connectivity index (χ4n) is 3.60. The molecule has 162 valence electrons. The van der Waals surface area contributed by atoms with Gasteiger partial charge in [0, 0.05) is 24.6 Å². The van der Waals surface area contributed by atoms with Gasteiger partial charge in [0.2, 0.25) is 0 Å². The lowest BCUT2D eigenvalue weighted by molar-refractivity contribution is -0.141. The highest BCUT2D eigenvalue weighted by Gasteiger charge is 2.56. The maximum Gasteiger partial charge on any atom is 0.433 e. The van der Waals surface area contributed by atoms with Crippen molar-refractivity contribution in [3.05, 3.63) is 65.5 Å². The Morgan fingerprint density at radius 3 is 2.33 bits per heavy atom. The molecule has 3 rings (SSSR count). The van der Waals surface area contributed by atoms with E-state index in [2.05, 4.69) is 10.3 Å². The second kappa shape index (κ2) is 8.09. The number of pyridine rings is 1. The molecule has 1 aromatic heterocycles. The monoisotopic (exact) mass is 450 g/mol. The molecule has 0 saturated heterocycles. The Bertz CT molecular complexity index is 890. The van der Waals surface area contributed by atoms with E-state index >= 15 is 4.39 Å². The molecule has 1 N–H and O–H groups in total. The van der Waals surface area contributed by atoms with E-state index in [0.717, 1.165) is 12.3 Å². The summed E-state index contributed by atoms with van der Waals surface area (Å²) in [6, 6.07) is 9.42. The molecule has 1 saturated carbocycles. The number of nitrogens with zero attached hydrogens (tertiary/aromatic N) is 1. The summed E-state index contributed by atoms with van der Waals surface area (Å²) in [6.07, 6.45) is -8.56. The standard InChI is InChI=1S/C20H17ClF6N2O/c21-17(29-16(30)12-4-2-1-3-5-12)19(9-8-18(23,24)10-14(19)22)13-6-7-15(28-11-13)20(25,26)27/h1-7,11,14,17H,8-10H2,(H,29,30). The molecule has 3 atom stereocenters. The van der Waals surface area contributed by atoms with Crippen molar-refractivity contribution < 1.29 is 31.1 Å². The topological polar surface area (TPSA) is 42.0 Å². The van der Waals surface area contributed by atoms with Gasteiger partial charge in [-0.25, -0.2) is 13.2 Å². The number of aromatic nitrogens is 1. The minimum Gasteiger partial charge on any atom is -0.335 e. The summed E-state index contributed by atoms with van der Waals surface area (Å²) >= 11 is 6.35. The van der Waals surface area contributed by atoms with Crippen molar-refractivity contribution >= 4 is 17.5 Å². The largest absolute Gasteiger partial charge is 0.433 e. The minimum absolute atomic E-state index is 0.0909. The summed E-state index contributed by atoms with van der Waals surface area (Å²) < 4.78 is 81.2. The maximum atomic E-state index is 15.2. The van der Waals surface area contributed by atoms with Crippen LogP contribution in [0.5, 0.6) is 0 Å². The van der Waals surface area contributed by atoms with Crippen LogP contribution in [0.2, 0.25) is 0 Å². The van der Waals surface area contributed by atoms with Gasteiger partial charge >= 0.3 is 6.18 Å². The van der Waals surface area contributed by atoms with Gasteiger partial charge in [0.1, 0.15) is 17.4 Å². The number of hydrogen-bond donors (Lipinski definition) is 1. The molecule has 0 spiro atoms. The van der Waals surface area contributed by atoms with Crippen LogP contribution in [-0.2, 0) is 11.6 Å². The molecule has 1 amide bonds. The van der Waals surface area contributed by atoms with Crippen LogP contribution in [0.25, 0.3) is 0 Å². The van der Waals surface area contributed by atoms with Gasteiger partial charge in [-0.15, -0.1) is 0 Å². The third kappa shape index (κ3) is 4.40. The zero-order valence-corrected chi connectivity index (χ0v) is 16.2. The normalized spacial score (nSPS) is 24.8. The molecular formula is C20H17ClF6N2O. The van der Waals surface area contributed by atoms with Crippen molar-refractivity contribution in [2.75, 3.05) is 0 Å². The van der Waals surface area contributed by atoms with Gasteiger partial charge < -0.3 is 5.32 Å². The van der Waals surface area contributed by atoms with Gasteiger partial charge in [-0.1, -0.05) is 35.9 Å². The van der Waals surface area contributed by atoms with E-state index in [0.29, 0.717) is 6.07 Å². The summed E-state index contributed by atoms with van der Waals surface area (Å²) in [5.41, 5.74) is -4.47. The molecule has 1 heterocycles. The number of halogens is 7. The Morgan fingerprint density at radius 2 is 1.80 bits per heavy atom. The van der Waals surface area contributed by atoms with E-state index in [1.807, 2.05) is 0 Å². The summed E-state index contributed by atoms with van der Waals surface area (Å²) in [6.45, 7) is 0. The van der Waals surface area contributed by atoms with Crippen molar-refractivity contribution in [2.45, 2.75) is 48.4 Å². The summed E-state index contributed by atoms with van der Waals surface area (Å²) in [5, 5.41) is 2.40. The van der Waals surface area contributed by atoms with Crippen LogP contribution >= 0.6 is 11.6 Å². The second-order valence-corrected chi connectivity index (χ2v) is 7.64. The Hall–Kier alpha value is -2.29. The maximum absolute atomic E-state index is 15.2. The van der Waals surface area contributed by atoms with Crippen LogP contribution in [0, 0.1) is 0 Å². The molecule has 10 heteroatoms. The first-order valence-corrected chi connectivity index (χ1v) is 9.45. The van der Waals surface area contributed by atoms with E-state index < -0.39 is 60.1 Å². The van der Waals surface area contributed by atoms with Crippen LogP contribution in [0.4, 0.5) is 26.3 Å². The predicted molar refractivity (Wildman–Crippen MR) is 98.2 cm³/mol. The third-order valence-electron chi connectivity index (χ3n) is 5.28. The summed E-state index contributed by atoms with van der Waals surface area (Å²) in [4.78, 5) is 15.8. The minimum atomic E-state index is -4.72. The number of carbonyl (C=O) groups excluding carboxylic acids is 1. The molecule has 3 nitrogen and oxygen atoms in total. The van der Waals surface area contributed by atoms with E-state index in [1.165, 1.54) is 12.1 Å². The Labute approximate surface area is 173 Å². The van der Waals surface area contributed by atoms with Crippen molar-refractivity contribution in [1.29, 1.82) is 0 Å². The molecule has 3 unspecified atom stereocenters. The molecule has 1 fully saturated rings. The van der Waals surface area contributed by atoms with Gasteiger partial charge in [-0.05, 0) is 30.2 Å². The lowest BCUT2D eigenvalue weighted by Crippen LogP contribution is -2.57. The Balaban J connectivity index is 1.97. The van der Waals surface area contributed by atoms with Gasteiger partial charge in [0.05, 0.1) is 5.41 Å². The highest BCUT2D eigenvalue weighted by atomic mass is 35.5. The number of nitrogens with one attached hydrogen (secondary N) is 1. The highest BCUT2D eigenvalue weighted by Crippen LogP contribution is 2.50. The third-order valence-corrected chi connectivity index (χ3v) is 5.78. The zero-order valence-electron chi connectivity index (χ0n) is 15.4. The van der Waals surface area contributed by atoms with Crippen molar-refractivity contribution in [2.24, 2.45) is 0 Å². The highest BCUT2D eigenvalue weighted by molar-refractivity contribution is 6.22. The van der Waals surface area contributed by atoms with Crippen molar-refractivity contribution in [3.8, 4) is 0 Å². The molecule has 1 aliphatic carbocycles.